The molecule has 0 saturated heterocycles. The minimum Gasteiger partial charge on any atom is -0.456 e. The van der Waals surface area contributed by atoms with Crippen molar-refractivity contribution in [2.45, 2.75) is 40.2 Å². The van der Waals surface area contributed by atoms with Crippen LogP contribution in [0.3, 0.4) is 0 Å². The van der Waals surface area contributed by atoms with Gasteiger partial charge in [-0.3, -0.25) is 0 Å². The third-order valence-electron chi connectivity index (χ3n) is 3.18. The molecule has 0 aliphatic rings. The van der Waals surface area contributed by atoms with Gasteiger partial charge in [0.25, 0.3) is 0 Å². The van der Waals surface area contributed by atoms with Crippen molar-refractivity contribution in [2.75, 3.05) is 6.54 Å². The maximum Gasteiger partial charge on any atom is 0.170 e. The van der Waals surface area contributed by atoms with Gasteiger partial charge in [-0.05, 0) is 31.4 Å². The monoisotopic (exact) mass is 263 g/mol. The van der Waals surface area contributed by atoms with Crippen LogP contribution in [-0.4, -0.2) is 6.54 Å². The van der Waals surface area contributed by atoms with E-state index in [1.54, 1.807) is 6.07 Å². The van der Waals surface area contributed by atoms with Crippen molar-refractivity contribution in [3.05, 3.63) is 35.3 Å². The van der Waals surface area contributed by atoms with Crippen molar-refractivity contribution in [3.63, 3.8) is 0 Å². The highest BCUT2D eigenvalue weighted by Crippen LogP contribution is 2.29. The minimum absolute atomic E-state index is 0.274. The first-order chi connectivity index (χ1) is 9.13. The molecule has 0 saturated carbocycles. The number of halogens is 1. The molecule has 0 aliphatic heterocycles. The fourth-order valence-electron chi connectivity index (χ4n) is 2.34. The highest BCUT2D eigenvalue weighted by Gasteiger charge is 2.17. The van der Waals surface area contributed by atoms with Crippen LogP contribution < -0.4 is 5.32 Å². The standard InChI is InChI=1S/C16H22FNO/c1-4-8-18-10-15-13(9-11(2)3)12-6-5-7-14(17)16(12)19-15/h5-7,11,18H,4,8-10H2,1-3H3. The predicted molar refractivity (Wildman–Crippen MR) is 76.7 cm³/mol. The second-order valence-electron chi connectivity index (χ2n) is 5.40. The van der Waals surface area contributed by atoms with Gasteiger partial charge in [0.2, 0.25) is 0 Å². The topological polar surface area (TPSA) is 25.2 Å². The van der Waals surface area contributed by atoms with Crippen molar-refractivity contribution in [2.24, 2.45) is 5.92 Å². The number of furan rings is 1. The lowest BCUT2D eigenvalue weighted by molar-refractivity contribution is 0.485. The van der Waals surface area contributed by atoms with Crippen LogP contribution in [0.25, 0.3) is 11.0 Å². The lowest BCUT2D eigenvalue weighted by atomic mass is 9.99. The van der Waals surface area contributed by atoms with E-state index in [0.29, 0.717) is 18.0 Å². The number of nitrogens with one attached hydrogen (secondary N) is 1. The number of para-hydroxylation sites is 1. The average molecular weight is 263 g/mol. The fourth-order valence-corrected chi connectivity index (χ4v) is 2.34. The quantitative estimate of drug-likeness (QED) is 0.787. The Hall–Kier alpha value is -1.35. The Kier molecular flexibility index (Phi) is 4.59. The zero-order valence-corrected chi connectivity index (χ0v) is 11.9. The van der Waals surface area contributed by atoms with Crippen molar-refractivity contribution < 1.29 is 8.81 Å². The van der Waals surface area contributed by atoms with E-state index in [2.05, 4.69) is 26.1 Å². The van der Waals surface area contributed by atoms with E-state index >= 15 is 0 Å². The molecule has 1 aromatic carbocycles. The zero-order chi connectivity index (χ0) is 13.8. The predicted octanol–water partition coefficient (Wildman–Crippen LogP) is 4.27. The lowest BCUT2D eigenvalue weighted by Crippen LogP contribution is -2.14. The Bertz CT molecular complexity index is 545. The van der Waals surface area contributed by atoms with E-state index in [0.717, 1.165) is 36.1 Å². The van der Waals surface area contributed by atoms with Crippen LogP contribution in [0.15, 0.2) is 22.6 Å². The maximum atomic E-state index is 13.8. The highest BCUT2D eigenvalue weighted by atomic mass is 19.1. The van der Waals surface area contributed by atoms with Gasteiger partial charge in [0.05, 0.1) is 6.54 Å². The molecule has 0 spiro atoms. The normalized spacial score (nSPS) is 11.6. The number of hydrogen-bond donors (Lipinski definition) is 1. The third-order valence-corrected chi connectivity index (χ3v) is 3.18. The molecule has 0 bridgehead atoms. The molecule has 1 N–H and O–H groups in total. The van der Waals surface area contributed by atoms with Crippen molar-refractivity contribution in [1.29, 1.82) is 0 Å². The molecule has 0 fully saturated rings. The summed E-state index contributed by atoms with van der Waals surface area (Å²) in [6.45, 7) is 8.08. The van der Waals surface area contributed by atoms with E-state index in [1.165, 1.54) is 6.07 Å². The van der Waals surface area contributed by atoms with Gasteiger partial charge in [-0.15, -0.1) is 0 Å². The van der Waals surface area contributed by atoms with Crippen LogP contribution in [-0.2, 0) is 13.0 Å². The highest BCUT2D eigenvalue weighted by molar-refractivity contribution is 5.82. The summed E-state index contributed by atoms with van der Waals surface area (Å²) in [5.41, 5.74) is 1.54. The van der Waals surface area contributed by atoms with Gasteiger partial charge in [0.15, 0.2) is 11.4 Å². The minimum atomic E-state index is -0.274. The van der Waals surface area contributed by atoms with Gasteiger partial charge in [0, 0.05) is 10.9 Å². The molecular weight excluding hydrogens is 241 g/mol. The molecule has 0 unspecified atom stereocenters. The molecule has 0 aliphatic carbocycles. The Morgan fingerprint density at radius 1 is 1.32 bits per heavy atom. The van der Waals surface area contributed by atoms with Gasteiger partial charge in [-0.2, -0.15) is 0 Å². The molecule has 0 atom stereocenters. The molecule has 3 heteroatoms. The zero-order valence-electron chi connectivity index (χ0n) is 11.9. The van der Waals surface area contributed by atoms with Crippen LogP contribution in [0.2, 0.25) is 0 Å². The van der Waals surface area contributed by atoms with Gasteiger partial charge < -0.3 is 9.73 Å². The summed E-state index contributed by atoms with van der Waals surface area (Å²) >= 11 is 0. The maximum absolute atomic E-state index is 13.8. The SMILES string of the molecule is CCCNCc1oc2c(F)cccc2c1CC(C)C. The van der Waals surface area contributed by atoms with Crippen molar-refractivity contribution >= 4 is 11.0 Å². The molecule has 1 aromatic heterocycles. The summed E-state index contributed by atoms with van der Waals surface area (Å²) in [5.74, 6) is 1.13. The van der Waals surface area contributed by atoms with E-state index in [1.807, 2.05) is 6.07 Å². The summed E-state index contributed by atoms with van der Waals surface area (Å²) < 4.78 is 19.5. The number of fused-ring (bicyclic) bond motifs is 1. The van der Waals surface area contributed by atoms with Crippen LogP contribution in [0, 0.1) is 11.7 Å². The van der Waals surface area contributed by atoms with E-state index in [-0.39, 0.29) is 5.82 Å². The summed E-state index contributed by atoms with van der Waals surface area (Å²) in [6, 6.07) is 5.15. The average Bonchev–Trinajstić information content (AvgIpc) is 2.69. The van der Waals surface area contributed by atoms with Crippen LogP contribution in [0.4, 0.5) is 4.39 Å². The Balaban J connectivity index is 2.39. The summed E-state index contributed by atoms with van der Waals surface area (Å²) in [4.78, 5) is 0. The largest absolute Gasteiger partial charge is 0.456 e. The second-order valence-corrected chi connectivity index (χ2v) is 5.40. The molecule has 19 heavy (non-hydrogen) atoms. The Labute approximate surface area is 114 Å². The first-order valence-electron chi connectivity index (χ1n) is 7.03. The number of hydrogen-bond acceptors (Lipinski definition) is 2. The molecule has 104 valence electrons. The van der Waals surface area contributed by atoms with Crippen molar-refractivity contribution in [3.8, 4) is 0 Å². The third kappa shape index (κ3) is 3.16. The van der Waals surface area contributed by atoms with Gasteiger partial charge in [-0.1, -0.05) is 32.9 Å². The van der Waals surface area contributed by atoms with Crippen LogP contribution >= 0.6 is 0 Å². The smallest absolute Gasteiger partial charge is 0.170 e. The van der Waals surface area contributed by atoms with Crippen LogP contribution in [0.1, 0.15) is 38.5 Å². The summed E-state index contributed by atoms with van der Waals surface area (Å²) in [7, 11) is 0. The van der Waals surface area contributed by atoms with Gasteiger partial charge >= 0.3 is 0 Å². The Morgan fingerprint density at radius 2 is 2.11 bits per heavy atom. The lowest BCUT2D eigenvalue weighted by Gasteiger charge is -2.06. The second kappa shape index (κ2) is 6.20. The summed E-state index contributed by atoms with van der Waals surface area (Å²) in [6.07, 6.45) is 1.99. The van der Waals surface area contributed by atoms with Crippen LogP contribution in [0.5, 0.6) is 0 Å². The molecule has 0 amide bonds. The van der Waals surface area contributed by atoms with E-state index in [4.69, 9.17) is 4.42 Å². The number of benzene rings is 1. The molecule has 2 rings (SSSR count). The van der Waals surface area contributed by atoms with Crippen molar-refractivity contribution in [1.82, 2.24) is 5.32 Å². The molecule has 1 heterocycles. The Morgan fingerprint density at radius 3 is 2.79 bits per heavy atom. The first kappa shape index (κ1) is 14.1. The molecule has 2 nitrogen and oxygen atoms in total. The fraction of sp³-hybridized carbons (Fsp3) is 0.500. The van der Waals surface area contributed by atoms with E-state index in [9.17, 15) is 4.39 Å². The molecule has 0 radical (unpaired) electrons. The molecular formula is C16H22FNO. The van der Waals surface area contributed by atoms with Gasteiger partial charge in [-0.25, -0.2) is 4.39 Å². The van der Waals surface area contributed by atoms with E-state index < -0.39 is 0 Å². The first-order valence-corrected chi connectivity index (χ1v) is 7.03. The number of rotatable bonds is 6. The van der Waals surface area contributed by atoms with Gasteiger partial charge in [0.1, 0.15) is 5.76 Å². The summed E-state index contributed by atoms with van der Waals surface area (Å²) in [5, 5.41) is 4.25. The molecule has 2 aromatic rings.